The van der Waals surface area contributed by atoms with Gasteiger partial charge >= 0.3 is 0 Å². The molecule has 2 aromatic rings. The number of hydrogen-bond acceptors (Lipinski definition) is 6. The van der Waals surface area contributed by atoms with E-state index in [4.69, 9.17) is 16.2 Å². The van der Waals surface area contributed by atoms with Crippen molar-refractivity contribution in [2.45, 2.75) is 37.4 Å². The maximum Gasteiger partial charge on any atom is 0.174 e. The first-order valence-electron chi connectivity index (χ1n) is 9.08. The van der Waals surface area contributed by atoms with Crippen molar-refractivity contribution in [3.63, 3.8) is 0 Å². The third-order valence-electron chi connectivity index (χ3n) is 5.40. The number of imidazole rings is 1. The Kier molecular flexibility index (Phi) is 4.34. The van der Waals surface area contributed by atoms with E-state index < -0.39 is 5.66 Å². The molecule has 1 atom stereocenters. The van der Waals surface area contributed by atoms with Crippen LogP contribution in [0.2, 0.25) is 0 Å². The molecule has 1 aromatic carbocycles. The molecule has 0 amide bonds. The van der Waals surface area contributed by atoms with E-state index in [1.807, 2.05) is 35.1 Å². The predicted molar refractivity (Wildman–Crippen MR) is 103 cm³/mol. The zero-order valence-corrected chi connectivity index (χ0v) is 15.0. The molecule has 1 unspecified atom stereocenters. The molecule has 1 aromatic heterocycles. The van der Waals surface area contributed by atoms with Gasteiger partial charge in [0.05, 0.1) is 12.8 Å². The van der Waals surface area contributed by atoms with Crippen molar-refractivity contribution in [1.82, 2.24) is 9.66 Å². The number of anilines is 1. The molecule has 7 heteroatoms. The second-order valence-corrected chi connectivity index (χ2v) is 7.19. The van der Waals surface area contributed by atoms with Crippen LogP contribution in [-0.2, 0) is 0 Å². The molecular weight excluding hydrogens is 328 g/mol. The molecule has 4 rings (SSSR count). The first-order valence-corrected chi connectivity index (χ1v) is 9.08. The summed E-state index contributed by atoms with van der Waals surface area (Å²) >= 11 is 0. The van der Waals surface area contributed by atoms with Crippen LogP contribution in [0.5, 0.6) is 5.75 Å². The zero-order chi connectivity index (χ0) is 18.1. The highest BCUT2D eigenvalue weighted by Crippen LogP contribution is 2.35. The molecule has 1 saturated carbocycles. The van der Waals surface area contributed by atoms with Crippen LogP contribution in [0.15, 0.2) is 42.7 Å². The maximum atomic E-state index is 6.81. The summed E-state index contributed by atoms with van der Waals surface area (Å²) < 4.78 is 7.13. The molecule has 0 saturated heterocycles. The van der Waals surface area contributed by atoms with Gasteiger partial charge in [0.2, 0.25) is 0 Å². The van der Waals surface area contributed by atoms with Gasteiger partial charge in [0.15, 0.2) is 5.82 Å². The summed E-state index contributed by atoms with van der Waals surface area (Å²) in [6.45, 7) is 0. The molecule has 2 heterocycles. The summed E-state index contributed by atoms with van der Waals surface area (Å²) in [7, 11) is 1.66. The second kappa shape index (κ2) is 6.66. The lowest BCUT2D eigenvalue weighted by Crippen LogP contribution is -2.58. The average molecular weight is 354 g/mol. The lowest BCUT2D eigenvalue weighted by Gasteiger charge is -2.42. The highest BCUT2D eigenvalue weighted by atomic mass is 16.5. The summed E-state index contributed by atoms with van der Waals surface area (Å²) in [4.78, 5) is 4.46. The molecule has 0 spiro atoms. The quantitative estimate of drug-likeness (QED) is 0.670. The number of methoxy groups -OCH3 is 1. The Labute approximate surface area is 153 Å². The number of ether oxygens (including phenoxy) is 1. The fourth-order valence-corrected chi connectivity index (χ4v) is 3.87. The number of rotatable bonds is 4. The summed E-state index contributed by atoms with van der Waals surface area (Å²) in [6.07, 6.45) is 9.79. The van der Waals surface area contributed by atoms with Crippen LogP contribution in [0.25, 0.3) is 5.70 Å². The predicted octanol–water partition coefficient (Wildman–Crippen LogP) is 2.07. The summed E-state index contributed by atoms with van der Waals surface area (Å²) in [5, 5.41) is 3.46. The number of nitrogens with one attached hydrogen (secondary N) is 2. The fraction of sp³-hybridized carbons (Fsp3) is 0.421. The number of nitrogens with zero attached hydrogens (tertiary/aromatic N) is 2. The third-order valence-corrected chi connectivity index (χ3v) is 5.40. The van der Waals surface area contributed by atoms with Gasteiger partial charge < -0.3 is 26.9 Å². The van der Waals surface area contributed by atoms with Crippen molar-refractivity contribution >= 4 is 11.4 Å². The van der Waals surface area contributed by atoms with Gasteiger partial charge in [0.1, 0.15) is 11.4 Å². The van der Waals surface area contributed by atoms with Crippen LogP contribution in [0.3, 0.4) is 0 Å². The Morgan fingerprint density at radius 3 is 2.65 bits per heavy atom. The van der Waals surface area contributed by atoms with E-state index in [2.05, 4.69) is 21.8 Å². The minimum atomic E-state index is -0.636. The topological polar surface area (TPSA) is 103 Å². The lowest BCUT2D eigenvalue weighted by atomic mass is 9.78. The van der Waals surface area contributed by atoms with Crippen molar-refractivity contribution < 1.29 is 4.74 Å². The monoisotopic (exact) mass is 354 g/mol. The number of nitrogens with two attached hydrogens (primary N) is 2. The highest BCUT2D eigenvalue weighted by molar-refractivity contribution is 5.76. The number of aromatic nitrogens is 2. The Hall–Kier alpha value is -2.51. The lowest BCUT2D eigenvalue weighted by molar-refractivity contribution is 0.239. The molecule has 138 valence electrons. The molecule has 0 radical (unpaired) electrons. The van der Waals surface area contributed by atoms with Gasteiger partial charge in [-0.15, -0.1) is 0 Å². The van der Waals surface area contributed by atoms with Gasteiger partial charge in [-0.25, -0.2) is 9.66 Å². The van der Waals surface area contributed by atoms with Crippen LogP contribution in [0.4, 0.5) is 5.69 Å². The zero-order valence-electron chi connectivity index (χ0n) is 15.0. The van der Waals surface area contributed by atoms with Crippen LogP contribution >= 0.6 is 0 Å². The van der Waals surface area contributed by atoms with Gasteiger partial charge in [-0.05, 0) is 56.0 Å². The Morgan fingerprint density at radius 1 is 1.23 bits per heavy atom. The third kappa shape index (κ3) is 3.15. The average Bonchev–Trinajstić information content (AvgIpc) is 3.11. The van der Waals surface area contributed by atoms with E-state index in [0.717, 1.165) is 48.6 Å². The van der Waals surface area contributed by atoms with Gasteiger partial charge in [-0.3, -0.25) is 0 Å². The molecule has 1 aliphatic carbocycles. The Balaban J connectivity index is 1.62. The smallest absolute Gasteiger partial charge is 0.174 e. The summed E-state index contributed by atoms with van der Waals surface area (Å²) in [5.41, 5.74) is 17.5. The number of fused-ring (bicyclic) bond motifs is 1. The molecule has 1 aliphatic heterocycles. The molecule has 1 fully saturated rings. The maximum absolute atomic E-state index is 6.81. The fourth-order valence-electron chi connectivity index (χ4n) is 3.87. The van der Waals surface area contributed by atoms with Crippen molar-refractivity contribution in [3.8, 4) is 5.75 Å². The first-order chi connectivity index (χ1) is 12.6. The van der Waals surface area contributed by atoms with Crippen molar-refractivity contribution in [2.24, 2.45) is 17.4 Å². The van der Waals surface area contributed by atoms with Gasteiger partial charge in [0.25, 0.3) is 0 Å². The Morgan fingerprint density at radius 2 is 1.96 bits per heavy atom. The van der Waals surface area contributed by atoms with E-state index in [-0.39, 0.29) is 0 Å². The van der Waals surface area contributed by atoms with E-state index in [9.17, 15) is 0 Å². The SMILES string of the molecule is COc1ccc(NC2=CC(N)(C3CCC(N)CC3)Nn3ccnc32)cc1. The van der Waals surface area contributed by atoms with Gasteiger partial charge in [0, 0.05) is 30.0 Å². The van der Waals surface area contributed by atoms with Crippen molar-refractivity contribution in [2.75, 3.05) is 17.9 Å². The van der Waals surface area contributed by atoms with E-state index in [0.29, 0.717) is 12.0 Å². The normalized spacial score (nSPS) is 27.9. The van der Waals surface area contributed by atoms with Crippen LogP contribution < -0.4 is 26.9 Å². The van der Waals surface area contributed by atoms with E-state index in [1.165, 1.54) is 0 Å². The van der Waals surface area contributed by atoms with Crippen molar-refractivity contribution in [1.29, 1.82) is 0 Å². The summed E-state index contributed by atoms with van der Waals surface area (Å²) in [6, 6.07) is 8.10. The Bertz CT molecular complexity index is 791. The molecular formula is C19H26N6O. The van der Waals surface area contributed by atoms with Crippen molar-refractivity contribution in [3.05, 3.63) is 48.6 Å². The molecule has 7 nitrogen and oxygen atoms in total. The van der Waals surface area contributed by atoms with Gasteiger partial charge in [-0.2, -0.15) is 0 Å². The number of hydrogen-bond donors (Lipinski definition) is 4. The minimum absolute atomic E-state index is 0.295. The van der Waals surface area contributed by atoms with E-state index >= 15 is 0 Å². The van der Waals surface area contributed by atoms with Gasteiger partial charge in [-0.1, -0.05) is 0 Å². The minimum Gasteiger partial charge on any atom is -0.497 e. The molecule has 26 heavy (non-hydrogen) atoms. The highest BCUT2D eigenvalue weighted by Gasteiger charge is 2.39. The molecule has 6 N–H and O–H groups in total. The molecule has 2 aliphatic rings. The van der Waals surface area contributed by atoms with Crippen LogP contribution in [0, 0.1) is 5.92 Å². The number of benzene rings is 1. The molecule has 0 bridgehead atoms. The first kappa shape index (κ1) is 16.9. The standard InChI is InChI=1S/C19H26N6O/c1-26-16-8-6-15(7-9-16)23-17-12-19(21,13-2-4-14(20)5-3-13)24-25-11-10-22-18(17)25/h6-14,23-24H,2-5,20-21H2,1H3. The summed E-state index contributed by atoms with van der Waals surface area (Å²) in [5.74, 6) is 1.96. The van der Waals surface area contributed by atoms with Crippen LogP contribution in [-0.4, -0.2) is 28.5 Å². The van der Waals surface area contributed by atoms with E-state index in [1.54, 1.807) is 13.3 Å². The largest absolute Gasteiger partial charge is 0.497 e. The second-order valence-electron chi connectivity index (χ2n) is 7.19. The van der Waals surface area contributed by atoms with Crippen LogP contribution in [0.1, 0.15) is 31.5 Å².